The highest BCUT2D eigenvalue weighted by atomic mass is 32.2. The standard InChI is InChI=1S/C5H8S/c1-2-4-6-5-3-1/h1-2,4-5H2. The van der Waals surface area contributed by atoms with Crippen molar-refractivity contribution in [3.63, 3.8) is 0 Å². The van der Waals surface area contributed by atoms with Gasteiger partial charge in [0.2, 0.25) is 0 Å². The number of hydrogen-bond donors (Lipinski definition) is 0. The van der Waals surface area contributed by atoms with E-state index in [0.717, 1.165) is 0 Å². The summed E-state index contributed by atoms with van der Waals surface area (Å²) in [5.41, 5.74) is 0. The quantitative estimate of drug-likeness (QED) is 0.445. The Bertz CT molecular complexity index is 19.4. The van der Waals surface area contributed by atoms with Crippen molar-refractivity contribution in [2.24, 2.45) is 0 Å². The fourth-order valence-electron chi connectivity index (χ4n) is 0.516. The lowest BCUT2D eigenvalue weighted by Gasteiger charge is -2.04. The molecular formula is C5H8S. The highest BCUT2D eigenvalue weighted by molar-refractivity contribution is 7.99. The molecule has 0 saturated carbocycles. The molecule has 1 heterocycles. The van der Waals surface area contributed by atoms with Gasteiger partial charge in [-0.2, -0.15) is 11.8 Å². The zero-order valence-electron chi connectivity index (χ0n) is 3.74. The van der Waals surface area contributed by atoms with Crippen molar-refractivity contribution in [1.29, 1.82) is 0 Å². The first-order valence-electron chi connectivity index (χ1n) is 2.28. The van der Waals surface area contributed by atoms with Crippen LogP contribution in [0, 0.1) is 6.42 Å². The Morgan fingerprint density at radius 2 is 2.50 bits per heavy atom. The largest absolute Gasteiger partial charge is 0.161 e. The summed E-state index contributed by atoms with van der Waals surface area (Å²) >= 11 is 1.98. The second-order valence-electron chi connectivity index (χ2n) is 1.41. The molecule has 0 aliphatic carbocycles. The number of rotatable bonds is 0. The van der Waals surface area contributed by atoms with Crippen LogP contribution in [0.3, 0.4) is 0 Å². The van der Waals surface area contributed by atoms with E-state index in [0.29, 0.717) is 0 Å². The molecule has 1 aliphatic heterocycles. The van der Waals surface area contributed by atoms with Crippen LogP contribution in [-0.2, 0) is 0 Å². The van der Waals surface area contributed by atoms with Gasteiger partial charge in [-0.1, -0.05) is 0 Å². The second kappa shape index (κ2) is 2.51. The summed E-state index contributed by atoms with van der Waals surface area (Å²) in [4.78, 5) is 0. The van der Waals surface area contributed by atoms with E-state index in [-0.39, 0.29) is 0 Å². The van der Waals surface area contributed by atoms with Crippen LogP contribution in [0.1, 0.15) is 12.8 Å². The maximum Gasteiger partial charge on any atom is 0.0000882 e. The Morgan fingerprint density at radius 3 is 2.67 bits per heavy atom. The molecule has 0 bridgehead atoms. The average Bonchev–Trinajstić information content (AvgIpc) is 1.72. The molecule has 0 aromatic heterocycles. The summed E-state index contributed by atoms with van der Waals surface area (Å²) in [6.45, 7) is 0. The summed E-state index contributed by atoms with van der Waals surface area (Å²) < 4.78 is 0. The minimum atomic E-state index is 1.17. The Hall–Kier alpha value is 0.350. The van der Waals surface area contributed by atoms with Gasteiger partial charge in [0.1, 0.15) is 0 Å². The maximum absolute atomic E-state index is 3.25. The van der Waals surface area contributed by atoms with Crippen LogP contribution >= 0.6 is 11.8 Å². The Labute approximate surface area is 43.3 Å². The van der Waals surface area contributed by atoms with E-state index >= 15 is 0 Å². The van der Waals surface area contributed by atoms with Crippen molar-refractivity contribution in [3.8, 4) is 0 Å². The molecule has 0 aromatic carbocycles. The third-order valence-corrected chi connectivity index (χ3v) is 1.83. The van der Waals surface area contributed by atoms with E-state index in [1.54, 1.807) is 0 Å². The van der Waals surface area contributed by atoms with Crippen molar-refractivity contribution in [1.82, 2.24) is 0 Å². The molecule has 1 heteroatoms. The summed E-state index contributed by atoms with van der Waals surface area (Å²) in [5.74, 6) is 2.52. The lowest BCUT2D eigenvalue weighted by Crippen LogP contribution is -1.92. The molecule has 6 heavy (non-hydrogen) atoms. The summed E-state index contributed by atoms with van der Waals surface area (Å²) in [7, 11) is 0. The Kier molecular flexibility index (Phi) is 1.89. The highest BCUT2D eigenvalue weighted by Gasteiger charge is 1.96. The van der Waals surface area contributed by atoms with Crippen LogP contribution in [0.15, 0.2) is 0 Å². The van der Waals surface area contributed by atoms with Crippen LogP contribution in [0.4, 0.5) is 0 Å². The van der Waals surface area contributed by atoms with Crippen molar-refractivity contribution in [2.75, 3.05) is 11.5 Å². The number of thioether (sulfide) groups is 1. The van der Waals surface area contributed by atoms with E-state index in [1.165, 1.54) is 24.3 Å². The van der Waals surface area contributed by atoms with Crippen LogP contribution in [0.2, 0.25) is 0 Å². The average molecular weight is 100 g/mol. The Morgan fingerprint density at radius 1 is 1.50 bits per heavy atom. The molecule has 1 aliphatic rings. The van der Waals surface area contributed by atoms with Gasteiger partial charge < -0.3 is 0 Å². The van der Waals surface area contributed by atoms with E-state index in [9.17, 15) is 0 Å². The van der Waals surface area contributed by atoms with Gasteiger partial charge in [0.15, 0.2) is 0 Å². The minimum Gasteiger partial charge on any atom is -0.161 e. The SMILES string of the molecule is [C]1CCCSC1. The predicted octanol–water partition coefficient (Wildman–Crippen LogP) is 1.59. The van der Waals surface area contributed by atoms with Gasteiger partial charge in [-0.25, -0.2) is 0 Å². The molecule has 0 N–H and O–H groups in total. The van der Waals surface area contributed by atoms with E-state index in [2.05, 4.69) is 6.42 Å². The van der Waals surface area contributed by atoms with Crippen molar-refractivity contribution >= 4 is 11.8 Å². The molecule has 34 valence electrons. The second-order valence-corrected chi connectivity index (χ2v) is 2.51. The predicted molar refractivity (Wildman–Crippen MR) is 29.8 cm³/mol. The van der Waals surface area contributed by atoms with Crippen molar-refractivity contribution in [2.45, 2.75) is 12.8 Å². The third-order valence-electron chi connectivity index (χ3n) is 0.846. The van der Waals surface area contributed by atoms with E-state index in [1.807, 2.05) is 11.8 Å². The maximum atomic E-state index is 3.25. The van der Waals surface area contributed by atoms with Gasteiger partial charge >= 0.3 is 0 Å². The fraction of sp³-hybridized carbons (Fsp3) is 0.800. The van der Waals surface area contributed by atoms with Gasteiger partial charge in [-0.05, 0) is 25.0 Å². The topological polar surface area (TPSA) is 0 Å². The molecule has 0 spiro atoms. The summed E-state index contributed by atoms with van der Waals surface area (Å²) in [6, 6.07) is 0. The van der Waals surface area contributed by atoms with Gasteiger partial charge in [0.05, 0.1) is 0 Å². The molecule has 2 radical (unpaired) electrons. The van der Waals surface area contributed by atoms with Crippen molar-refractivity contribution < 1.29 is 0 Å². The molecule has 0 amide bonds. The van der Waals surface area contributed by atoms with Crippen LogP contribution in [-0.4, -0.2) is 11.5 Å². The highest BCUT2D eigenvalue weighted by Crippen LogP contribution is 2.13. The molecule has 0 atom stereocenters. The zero-order chi connectivity index (χ0) is 4.24. The van der Waals surface area contributed by atoms with Crippen LogP contribution in [0.25, 0.3) is 0 Å². The monoisotopic (exact) mass is 100 g/mol. The summed E-state index contributed by atoms with van der Waals surface area (Å²) in [5, 5.41) is 0. The van der Waals surface area contributed by atoms with Gasteiger partial charge in [-0.15, -0.1) is 0 Å². The first kappa shape index (κ1) is 4.51. The molecule has 0 aromatic rings. The van der Waals surface area contributed by atoms with E-state index in [4.69, 9.17) is 0 Å². The molecule has 1 saturated heterocycles. The molecule has 1 fully saturated rings. The van der Waals surface area contributed by atoms with Crippen molar-refractivity contribution in [3.05, 3.63) is 6.42 Å². The lowest BCUT2D eigenvalue weighted by atomic mass is 10.3. The van der Waals surface area contributed by atoms with Crippen LogP contribution < -0.4 is 0 Å². The fourth-order valence-corrected chi connectivity index (χ4v) is 1.30. The number of hydrogen-bond acceptors (Lipinski definition) is 1. The summed E-state index contributed by atoms with van der Waals surface area (Å²) in [6.07, 6.45) is 5.83. The molecule has 0 nitrogen and oxygen atoms in total. The zero-order valence-corrected chi connectivity index (χ0v) is 4.55. The normalized spacial score (nSPS) is 24.0. The third kappa shape index (κ3) is 1.21. The first-order valence-corrected chi connectivity index (χ1v) is 3.44. The Balaban J connectivity index is 2.00. The van der Waals surface area contributed by atoms with Gasteiger partial charge in [0, 0.05) is 5.75 Å². The van der Waals surface area contributed by atoms with Crippen LogP contribution in [0.5, 0.6) is 0 Å². The minimum absolute atomic E-state index is 1.17. The lowest BCUT2D eigenvalue weighted by molar-refractivity contribution is 0.895. The first-order chi connectivity index (χ1) is 3.00. The van der Waals surface area contributed by atoms with E-state index < -0.39 is 0 Å². The molecular weight excluding hydrogens is 92.1 g/mol. The molecule has 0 unspecified atom stereocenters. The van der Waals surface area contributed by atoms with Gasteiger partial charge in [0.25, 0.3) is 0 Å². The molecule has 1 rings (SSSR count). The van der Waals surface area contributed by atoms with Gasteiger partial charge in [-0.3, -0.25) is 0 Å². The smallest absolute Gasteiger partial charge is 0.0000882 e.